The zero-order valence-electron chi connectivity index (χ0n) is 62.3. The van der Waals surface area contributed by atoms with Gasteiger partial charge in [0, 0.05) is 6.42 Å². The third kappa shape index (κ3) is 75.6. The van der Waals surface area contributed by atoms with Crippen LogP contribution in [-0.2, 0) is 18.4 Å². The molecule has 0 aromatic carbocycles. The largest absolute Gasteiger partial charge is 0.756 e. The molecule has 0 rings (SSSR count). The average Bonchev–Trinajstić information content (AvgIpc) is 2.63. The van der Waals surface area contributed by atoms with Crippen LogP contribution in [0.25, 0.3) is 0 Å². The van der Waals surface area contributed by atoms with E-state index in [9.17, 15) is 19.4 Å². The maximum absolute atomic E-state index is 13.1. The number of carbonyl (C=O) groups excluding carboxylic acids is 1. The van der Waals surface area contributed by atoms with Crippen molar-refractivity contribution in [3.05, 3.63) is 60.8 Å². The minimum absolute atomic E-state index is 0.0140. The molecule has 0 bridgehead atoms. The van der Waals surface area contributed by atoms with Crippen LogP contribution in [0, 0.1) is 0 Å². The van der Waals surface area contributed by atoms with E-state index in [0.717, 1.165) is 70.6 Å². The van der Waals surface area contributed by atoms with Gasteiger partial charge < -0.3 is 28.8 Å². The molecule has 0 spiro atoms. The van der Waals surface area contributed by atoms with Crippen molar-refractivity contribution in [3.8, 4) is 0 Å². The predicted octanol–water partition coefficient (Wildman–Crippen LogP) is 26.0. The first-order valence-electron chi connectivity index (χ1n) is 40.6. The zero-order valence-corrected chi connectivity index (χ0v) is 63.2. The summed E-state index contributed by atoms with van der Waals surface area (Å²) < 4.78 is 23.6. The van der Waals surface area contributed by atoms with Gasteiger partial charge >= 0.3 is 0 Å². The Morgan fingerprint density at radius 3 is 0.967 bits per heavy atom. The SMILES string of the molecule is CC/C=C\C/C=C\C/C=C\C/C=C\C/C=C\CCCCCCCCCCCCCCCCCCCCCCCCCC(=O)NC(COP(=O)([O-])OCC[N+](C)(C)C)C(O)CCCCCCCCCCCCCCCCCCCCCCCCCCCCCCCCC. The van der Waals surface area contributed by atoms with E-state index in [1.807, 2.05) is 21.1 Å². The van der Waals surface area contributed by atoms with Crippen molar-refractivity contribution in [1.82, 2.24) is 5.32 Å². The molecule has 0 fully saturated rings. The van der Waals surface area contributed by atoms with Gasteiger partial charge in [-0.25, -0.2) is 0 Å². The number of allylic oxidation sites excluding steroid dienone is 10. The molecule has 0 aliphatic heterocycles. The summed E-state index contributed by atoms with van der Waals surface area (Å²) in [7, 11) is 1.33. The molecule has 542 valence electrons. The van der Waals surface area contributed by atoms with Crippen LogP contribution >= 0.6 is 7.82 Å². The summed E-state index contributed by atoms with van der Waals surface area (Å²) in [6, 6.07) is -0.802. The number of nitrogens with one attached hydrogen (secondary N) is 1. The number of phosphoric ester groups is 1. The van der Waals surface area contributed by atoms with Crippen LogP contribution < -0.4 is 10.2 Å². The number of quaternary nitrogens is 1. The topological polar surface area (TPSA) is 108 Å². The maximum atomic E-state index is 13.1. The van der Waals surface area contributed by atoms with Gasteiger partial charge in [-0.05, 0) is 57.8 Å². The molecule has 0 aliphatic rings. The number of aliphatic hydroxyl groups excluding tert-OH is 1. The second-order valence-electron chi connectivity index (χ2n) is 29.1. The van der Waals surface area contributed by atoms with Crippen LogP contribution in [0.5, 0.6) is 0 Å². The molecular weight excluding hydrogens is 1150 g/mol. The third-order valence-electron chi connectivity index (χ3n) is 18.8. The Balaban J connectivity index is 3.90. The quantitative estimate of drug-likeness (QED) is 0.0272. The Kier molecular flexibility index (Phi) is 72.0. The van der Waals surface area contributed by atoms with E-state index in [4.69, 9.17) is 9.05 Å². The van der Waals surface area contributed by atoms with Crippen LogP contribution in [0.4, 0.5) is 0 Å². The molecule has 1 amide bonds. The molecule has 2 N–H and O–H groups in total. The van der Waals surface area contributed by atoms with Gasteiger partial charge in [-0.2, -0.15) is 0 Å². The first-order chi connectivity index (χ1) is 45.0. The van der Waals surface area contributed by atoms with E-state index in [2.05, 4.69) is 79.9 Å². The number of hydrogen-bond acceptors (Lipinski definition) is 6. The van der Waals surface area contributed by atoms with Gasteiger partial charge in [0.2, 0.25) is 5.91 Å². The van der Waals surface area contributed by atoms with Crippen molar-refractivity contribution in [2.45, 2.75) is 424 Å². The lowest BCUT2D eigenvalue weighted by molar-refractivity contribution is -0.870. The van der Waals surface area contributed by atoms with Gasteiger partial charge in [-0.15, -0.1) is 0 Å². The van der Waals surface area contributed by atoms with E-state index in [0.29, 0.717) is 23.9 Å². The second-order valence-corrected chi connectivity index (χ2v) is 30.5. The van der Waals surface area contributed by atoms with Gasteiger partial charge in [-0.1, -0.05) is 408 Å². The van der Waals surface area contributed by atoms with Crippen molar-refractivity contribution in [1.29, 1.82) is 0 Å². The fourth-order valence-corrected chi connectivity index (χ4v) is 13.3. The molecule has 0 saturated heterocycles. The van der Waals surface area contributed by atoms with Gasteiger partial charge in [-0.3, -0.25) is 9.36 Å². The van der Waals surface area contributed by atoms with Crippen molar-refractivity contribution < 1.29 is 32.9 Å². The highest BCUT2D eigenvalue weighted by Gasteiger charge is 2.24. The summed E-state index contributed by atoms with van der Waals surface area (Å²) >= 11 is 0. The number of phosphoric acid groups is 1. The van der Waals surface area contributed by atoms with Crippen LogP contribution in [0.2, 0.25) is 0 Å². The number of aliphatic hydroxyl groups is 1. The summed E-state index contributed by atoms with van der Waals surface area (Å²) in [6.07, 6.45) is 102. The van der Waals surface area contributed by atoms with Gasteiger partial charge in [0.05, 0.1) is 39.9 Å². The van der Waals surface area contributed by atoms with E-state index in [1.165, 1.54) is 315 Å². The number of amides is 1. The van der Waals surface area contributed by atoms with Gasteiger partial charge in [0.1, 0.15) is 13.2 Å². The molecule has 9 heteroatoms. The normalized spacial score (nSPS) is 13.8. The van der Waals surface area contributed by atoms with E-state index >= 15 is 0 Å². The number of carbonyl (C=O) groups is 1. The summed E-state index contributed by atoms with van der Waals surface area (Å²) in [6.45, 7) is 4.67. The van der Waals surface area contributed by atoms with Crippen LogP contribution in [0.1, 0.15) is 412 Å². The molecular formula is C83H159N2O6P. The molecule has 0 radical (unpaired) electrons. The van der Waals surface area contributed by atoms with Crippen molar-refractivity contribution >= 4 is 13.7 Å². The number of likely N-dealkylation sites (N-methyl/N-ethyl adjacent to an activating group) is 1. The lowest BCUT2D eigenvalue weighted by Gasteiger charge is -2.30. The molecule has 0 saturated carbocycles. The molecule has 8 nitrogen and oxygen atoms in total. The molecule has 0 aromatic heterocycles. The van der Waals surface area contributed by atoms with Crippen LogP contribution in [0.3, 0.4) is 0 Å². The fourth-order valence-electron chi connectivity index (χ4n) is 12.5. The maximum Gasteiger partial charge on any atom is 0.268 e. The number of unbranched alkanes of at least 4 members (excludes halogenated alkanes) is 53. The Bertz CT molecular complexity index is 1690. The van der Waals surface area contributed by atoms with E-state index < -0.39 is 20.0 Å². The number of hydrogen-bond donors (Lipinski definition) is 2. The average molecular weight is 1310 g/mol. The Labute approximate surface area is 574 Å². The molecule has 3 unspecified atom stereocenters. The first-order valence-corrected chi connectivity index (χ1v) is 42.1. The van der Waals surface area contributed by atoms with Crippen molar-refractivity contribution in [2.24, 2.45) is 0 Å². The third-order valence-corrected chi connectivity index (χ3v) is 19.7. The molecule has 0 aromatic rings. The van der Waals surface area contributed by atoms with Crippen molar-refractivity contribution in [3.63, 3.8) is 0 Å². The van der Waals surface area contributed by atoms with E-state index in [-0.39, 0.29) is 19.1 Å². The lowest BCUT2D eigenvalue weighted by atomic mass is 10.0. The second kappa shape index (κ2) is 73.4. The fraction of sp³-hybridized carbons (Fsp3) is 0.867. The Hall–Kier alpha value is -1.80. The highest BCUT2D eigenvalue weighted by atomic mass is 31.2. The highest BCUT2D eigenvalue weighted by molar-refractivity contribution is 7.45. The number of nitrogens with zero attached hydrogens (tertiary/aromatic N) is 1. The minimum atomic E-state index is -4.58. The van der Waals surface area contributed by atoms with Crippen LogP contribution in [-0.4, -0.2) is 68.5 Å². The van der Waals surface area contributed by atoms with Crippen molar-refractivity contribution in [2.75, 3.05) is 40.9 Å². The minimum Gasteiger partial charge on any atom is -0.756 e. The summed E-state index contributed by atoms with van der Waals surface area (Å²) in [4.78, 5) is 25.8. The zero-order chi connectivity index (χ0) is 66.9. The summed E-state index contributed by atoms with van der Waals surface area (Å²) in [5.41, 5.74) is 0. The molecule has 0 aliphatic carbocycles. The highest BCUT2D eigenvalue weighted by Crippen LogP contribution is 2.38. The van der Waals surface area contributed by atoms with Gasteiger partial charge in [0.15, 0.2) is 0 Å². The lowest BCUT2D eigenvalue weighted by Crippen LogP contribution is -2.46. The molecule has 92 heavy (non-hydrogen) atoms. The predicted molar refractivity (Wildman–Crippen MR) is 404 cm³/mol. The molecule has 3 atom stereocenters. The van der Waals surface area contributed by atoms with Crippen LogP contribution in [0.15, 0.2) is 60.8 Å². The molecule has 0 heterocycles. The summed E-state index contributed by atoms with van der Waals surface area (Å²) in [5.74, 6) is -0.156. The summed E-state index contributed by atoms with van der Waals surface area (Å²) in [5, 5.41) is 14.2. The standard InChI is InChI=1S/C83H159N2O6P/c1-6-8-10-12-14-16-18-20-22-24-26-28-30-32-34-36-38-39-40-41-42-43-44-45-47-49-51-53-55-57-59-61-63-65-67-69-71-73-75-77-83(87)84-81(80-91-92(88,89)90-79-78-85(3,4)5)82(86)76-74-72-70-68-66-64-62-60-58-56-54-52-50-48-46-37-35-33-31-29-27-25-23-21-19-17-15-13-11-9-7-2/h8,10,14,16,20,22,26,28,32,34,81-82,86H,6-7,9,11-13,15,17-19,21,23-25,27,29-31,33,35-80H2,1-5H3,(H-,84,87,88,89)/b10-8-,16-14-,22-20-,28-26-,34-32-. The monoisotopic (exact) mass is 1310 g/mol. The van der Waals surface area contributed by atoms with Gasteiger partial charge in [0.25, 0.3) is 7.82 Å². The first kappa shape index (κ1) is 90.2. The number of rotatable bonds is 76. The Morgan fingerprint density at radius 2 is 0.663 bits per heavy atom. The Morgan fingerprint density at radius 1 is 0.391 bits per heavy atom. The smallest absolute Gasteiger partial charge is 0.268 e. The van der Waals surface area contributed by atoms with E-state index in [1.54, 1.807) is 0 Å².